The van der Waals surface area contributed by atoms with Gasteiger partial charge in [0.05, 0.1) is 22.2 Å². The van der Waals surface area contributed by atoms with Crippen molar-refractivity contribution < 1.29 is 18.0 Å². The molecule has 0 bridgehead atoms. The van der Waals surface area contributed by atoms with E-state index in [2.05, 4.69) is 15.5 Å². The number of halogens is 3. The third kappa shape index (κ3) is 5.18. The van der Waals surface area contributed by atoms with Crippen LogP contribution in [-0.2, 0) is 17.5 Å². The number of hydrogen-bond donors (Lipinski definition) is 1. The molecule has 5 nitrogen and oxygen atoms in total. The number of rotatable bonds is 7. The molecule has 0 aliphatic rings. The fourth-order valence-corrected chi connectivity index (χ4v) is 4.28. The number of alkyl halides is 3. The van der Waals surface area contributed by atoms with Gasteiger partial charge in [-0.2, -0.15) is 13.2 Å². The number of nitrogens with zero attached hydrogens (tertiary/aromatic N) is 3. The maximum Gasteiger partial charge on any atom is 0.416 e. The predicted octanol–water partition coefficient (Wildman–Crippen LogP) is 5.01. The number of amides is 1. The number of aromatic nitrogens is 3. The van der Waals surface area contributed by atoms with Crippen molar-refractivity contribution >= 4 is 29.0 Å². The first-order chi connectivity index (χ1) is 13.8. The molecule has 0 fully saturated rings. The van der Waals surface area contributed by atoms with Crippen LogP contribution in [0.2, 0.25) is 0 Å². The molecule has 0 saturated carbocycles. The molecule has 1 atom stereocenters. The topological polar surface area (TPSA) is 59.8 Å². The first kappa shape index (κ1) is 21.4. The number of hydrogen-bond acceptors (Lipinski definition) is 5. The van der Waals surface area contributed by atoms with Gasteiger partial charge in [0.25, 0.3) is 0 Å². The van der Waals surface area contributed by atoms with Crippen LogP contribution in [0.1, 0.15) is 31.0 Å². The fraction of sp³-hybridized carbons (Fsp3) is 0.316. The molecule has 0 aliphatic carbocycles. The lowest BCUT2D eigenvalue weighted by molar-refractivity contribution is -0.137. The van der Waals surface area contributed by atoms with Gasteiger partial charge in [0.2, 0.25) is 5.91 Å². The predicted molar refractivity (Wildman–Crippen MR) is 108 cm³/mol. The van der Waals surface area contributed by atoms with Crippen LogP contribution in [0, 0.1) is 0 Å². The SMILES string of the molecule is CCn1c(SCC(=O)N[C@@H](C)c2cccc(C(F)(F)F)c2)nnc1-c1cccs1. The Labute approximate surface area is 174 Å². The summed E-state index contributed by atoms with van der Waals surface area (Å²) in [5, 5.41) is 13.7. The van der Waals surface area contributed by atoms with Gasteiger partial charge in [-0.15, -0.1) is 21.5 Å². The zero-order valence-electron chi connectivity index (χ0n) is 15.7. The monoisotopic (exact) mass is 440 g/mol. The molecule has 0 aliphatic heterocycles. The van der Waals surface area contributed by atoms with Crippen LogP contribution in [0.15, 0.2) is 46.9 Å². The summed E-state index contributed by atoms with van der Waals surface area (Å²) >= 11 is 2.80. The molecular weight excluding hydrogens is 421 g/mol. The first-order valence-corrected chi connectivity index (χ1v) is 10.7. The maximum absolute atomic E-state index is 12.9. The normalized spacial score (nSPS) is 12.7. The summed E-state index contributed by atoms with van der Waals surface area (Å²) in [5.41, 5.74) is -0.336. The Bertz CT molecular complexity index is 970. The van der Waals surface area contributed by atoms with Gasteiger partial charge < -0.3 is 9.88 Å². The van der Waals surface area contributed by atoms with Crippen LogP contribution in [0.5, 0.6) is 0 Å². The largest absolute Gasteiger partial charge is 0.416 e. The van der Waals surface area contributed by atoms with E-state index in [-0.39, 0.29) is 11.7 Å². The molecule has 0 unspecified atom stereocenters. The van der Waals surface area contributed by atoms with Gasteiger partial charge in [0.1, 0.15) is 0 Å². The summed E-state index contributed by atoms with van der Waals surface area (Å²) in [4.78, 5) is 13.3. The molecule has 0 radical (unpaired) electrons. The molecule has 29 heavy (non-hydrogen) atoms. The highest BCUT2D eigenvalue weighted by Crippen LogP contribution is 2.31. The molecule has 3 aromatic rings. The van der Waals surface area contributed by atoms with Gasteiger partial charge in [0.15, 0.2) is 11.0 Å². The van der Waals surface area contributed by atoms with Crippen LogP contribution < -0.4 is 5.32 Å². The second-order valence-electron chi connectivity index (χ2n) is 6.23. The third-order valence-corrected chi connectivity index (χ3v) is 6.03. The molecule has 154 valence electrons. The Hall–Kier alpha value is -2.33. The second kappa shape index (κ2) is 9.00. The van der Waals surface area contributed by atoms with E-state index in [0.29, 0.717) is 17.3 Å². The summed E-state index contributed by atoms with van der Waals surface area (Å²) < 4.78 is 40.5. The van der Waals surface area contributed by atoms with E-state index in [1.165, 1.54) is 17.8 Å². The van der Waals surface area contributed by atoms with E-state index in [4.69, 9.17) is 0 Å². The highest BCUT2D eigenvalue weighted by Gasteiger charge is 2.30. The molecule has 1 aromatic carbocycles. The maximum atomic E-state index is 12.9. The molecule has 10 heteroatoms. The van der Waals surface area contributed by atoms with Crippen LogP contribution in [-0.4, -0.2) is 26.4 Å². The van der Waals surface area contributed by atoms with E-state index < -0.39 is 17.8 Å². The van der Waals surface area contributed by atoms with Gasteiger partial charge in [-0.3, -0.25) is 4.79 Å². The fourth-order valence-electron chi connectivity index (χ4n) is 2.75. The Balaban J connectivity index is 1.62. The highest BCUT2D eigenvalue weighted by molar-refractivity contribution is 7.99. The van der Waals surface area contributed by atoms with Crippen molar-refractivity contribution in [1.82, 2.24) is 20.1 Å². The van der Waals surface area contributed by atoms with Crippen molar-refractivity contribution in [2.24, 2.45) is 0 Å². The molecule has 3 rings (SSSR count). The van der Waals surface area contributed by atoms with Gasteiger partial charge >= 0.3 is 6.18 Å². The van der Waals surface area contributed by atoms with E-state index in [1.807, 2.05) is 29.0 Å². The van der Waals surface area contributed by atoms with Crippen LogP contribution in [0.25, 0.3) is 10.7 Å². The molecule has 1 amide bonds. The number of carbonyl (C=O) groups is 1. The Kier molecular flexibility index (Phi) is 6.63. The van der Waals surface area contributed by atoms with Gasteiger partial charge in [-0.1, -0.05) is 30.0 Å². The van der Waals surface area contributed by atoms with E-state index >= 15 is 0 Å². The number of nitrogens with one attached hydrogen (secondary N) is 1. The summed E-state index contributed by atoms with van der Waals surface area (Å²) in [6.07, 6.45) is -4.42. The minimum absolute atomic E-state index is 0.0892. The lowest BCUT2D eigenvalue weighted by Crippen LogP contribution is -2.28. The van der Waals surface area contributed by atoms with Crippen molar-refractivity contribution in [2.75, 3.05) is 5.75 Å². The van der Waals surface area contributed by atoms with Crippen molar-refractivity contribution in [3.63, 3.8) is 0 Å². The summed E-state index contributed by atoms with van der Waals surface area (Å²) in [7, 11) is 0. The average molecular weight is 441 g/mol. The molecule has 1 N–H and O–H groups in total. The van der Waals surface area contributed by atoms with Crippen molar-refractivity contribution in [3.8, 4) is 10.7 Å². The Morgan fingerprint density at radius 1 is 1.28 bits per heavy atom. The standard InChI is InChI=1S/C19H19F3N4OS2/c1-3-26-17(15-8-5-9-28-15)24-25-18(26)29-11-16(27)23-12(2)13-6-4-7-14(10-13)19(20,21)22/h4-10,12H,3,11H2,1-2H3,(H,23,27)/t12-/m0/s1. The summed E-state index contributed by atoms with van der Waals surface area (Å²) in [6, 6.07) is 8.31. The van der Waals surface area contributed by atoms with E-state index in [1.54, 1.807) is 24.3 Å². The molecular formula is C19H19F3N4OS2. The van der Waals surface area contributed by atoms with E-state index in [0.717, 1.165) is 22.8 Å². The number of carbonyl (C=O) groups excluding carboxylic acids is 1. The molecule has 2 aromatic heterocycles. The average Bonchev–Trinajstić information content (AvgIpc) is 3.34. The minimum Gasteiger partial charge on any atom is -0.349 e. The van der Waals surface area contributed by atoms with Crippen molar-refractivity contribution in [1.29, 1.82) is 0 Å². The smallest absolute Gasteiger partial charge is 0.349 e. The lowest BCUT2D eigenvalue weighted by atomic mass is 10.0. The third-order valence-electron chi connectivity index (χ3n) is 4.20. The molecule has 0 spiro atoms. The Morgan fingerprint density at radius 2 is 2.07 bits per heavy atom. The molecule has 0 saturated heterocycles. The van der Waals surface area contributed by atoms with Crippen molar-refractivity contribution in [2.45, 2.75) is 37.8 Å². The first-order valence-electron chi connectivity index (χ1n) is 8.86. The van der Waals surface area contributed by atoms with Crippen LogP contribution >= 0.6 is 23.1 Å². The Morgan fingerprint density at radius 3 is 2.72 bits per heavy atom. The second-order valence-corrected chi connectivity index (χ2v) is 8.12. The van der Waals surface area contributed by atoms with Gasteiger partial charge in [-0.05, 0) is 43.0 Å². The summed E-state index contributed by atoms with van der Waals surface area (Å²) in [6.45, 7) is 4.28. The van der Waals surface area contributed by atoms with Gasteiger partial charge in [0, 0.05) is 6.54 Å². The highest BCUT2D eigenvalue weighted by atomic mass is 32.2. The number of benzene rings is 1. The minimum atomic E-state index is -4.42. The summed E-state index contributed by atoms with van der Waals surface area (Å²) in [5.74, 6) is 0.553. The number of thioether (sulfide) groups is 1. The quantitative estimate of drug-likeness (QED) is 0.525. The van der Waals surface area contributed by atoms with Crippen molar-refractivity contribution in [3.05, 3.63) is 52.9 Å². The van der Waals surface area contributed by atoms with Crippen LogP contribution in [0.4, 0.5) is 13.2 Å². The van der Waals surface area contributed by atoms with E-state index in [9.17, 15) is 18.0 Å². The zero-order valence-corrected chi connectivity index (χ0v) is 17.4. The van der Waals surface area contributed by atoms with Crippen LogP contribution in [0.3, 0.4) is 0 Å². The lowest BCUT2D eigenvalue weighted by Gasteiger charge is -2.16. The zero-order chi connectivity index (χ0) is 21.0. The number of thiophene rings is 1. The molecule has 2 heterocycles. The van der Waals surface area contributed by atoms with Gasteiger partial charge in [-0.25, -0.2) is 0 Å².